The molecule has 0 spiro atoms. The fourth-order valence-corrected chi connectivity index (χ4v) is 8.63. The molecule has 0 aliphatic carbocycles. The van der Waals surface area contributed by atoms with Gasteiger partial charge in [-0.2, -0.15) is 5.10 Å². The number of nitrogens with one attached hydrogen (secondary N) is 5. The Labute approximate surface area is 402 Å². The molecule has 5 aromatic rings. The molecule has 0 radical (unpaired) electrons. The number of ether oxygens (including phenoxy) is 4. The van der Waals surface area contributed by atoms with Gasteiger partial charge in [-0.05, 0) is 137 Å². The van der Waals surface area contributed by atoms with Crippen molar-refractivity contribution in [1.82, 2.24) is 41.0 Å². The molecule has 3 aliphatic rings. The Morgan fingerprint density at radius 3 is 2.41 bits per heavy atom. The number of fused-ring (bicyclic) bond motifs is 1. The molecule has 2 fully saturated rings. The smallest absolute Gasteiger partial charge is 0.255 e. The van der Waals surface area contributed by atoms with Crippen LogP contribution in [0.3, 0.4) is 0 Å². The highest BCUT2D eigenvalue weighted by molar-refractivity contribution is 6.05. The molecular formula is C50H60ClN9O8. The Balaban J connectivity index is 0.00000684. The maximum atomic E-state index is 13.6. The highest BCUT2D eigenvalue weighted by Crippen LogP contribution is 2.34. The number of unbranched alkanes of at least 4 members (excludes halogenated alkanes) is 2. The Kier molecular flexibility index (Phi) is 17.5. The van der Waals surface area contributed by atoms with E-state index in [1.165, 1.54) is 4.90 Å². The summed E-state index contributed by atoms with van der Waals surface area (Å²) in [7, 11) is 0. The van der Waals surface area contributed by atoms with Gasteiger partial charge >= 0.3 is 0 Å². The van der Waals surface area contributed by atoms with Gasteiger partial charge in [0.2, 0.25) is 11.8 Å². The highest BCUT2D eigenvalue weighted by Gasteiger charge is 2.40. The molecule has 3 aromatic carbocycles. The zero-order valence-electron chi connectivity index (χ0n) is 38.3. The quantitative estimate of drug-likeness (QED) is 0.0361. The summed E-state index contributed by atoms with van der Waals surface area (Å²) < 4.78 is 23.4. The minimum atomic E-state index is -0.642. The van der Waals surface area contributed by atoms with Crippen molar-refractivity contribution in [3.8, 4) is 22.9 Å². The Morgan fingerprint density at radius 2 is 1.59 bits per heavy atom. The van der Waals surface area contributed by atoms with Gasteiger partial charge in [0.1, 0.15) is 24.1 Å². The molecule has 5 heterocycles. The number of imide groups is 1. The van der Waals surface area contributed by atoms with Crippen LogP contribution >= 0.6 is 12.4 Å². The molecule has 0 saturated carbocycles. The molecular weight excluding hydrogens is 890 g/mol. The van der Waals surface area contributed by atoms with Gasteiger partial charge in [0.05, 0.1) is 24.8 Å². The number of nitrogens with zero attached hydrogens (tertiary/aromatic N) is 4. The van der Waals surface area contributed by atoms with Crippen molar-refractivity contribution in [3.63, 3.8) is 0 Å². The first kappa shape index (κ1) is 49.5. The van der Waals surface area contributed by atoms with Crippen LogP contribution in [0.2, 0.25) is 0 Å². The fraction of sp³-hybridized carbons (Fsp3) is 0.420. The third-order valence-corrected chi connectivity index (χ3v) is 12.3. The summed E-state index contributed by atoms with van der Waals surface area (Å²) >= 11 is 0. The number of anilines is 1. The fourth-order valence-electron chi connectivity index (χ4n) is 8.63. The number of carbonyl (C=O) groups excluding carboxylic acids is 4. The van der Waals surface area contributed by atoms with Crippen molar-refractivity contribution in [2.75, 3.05) is 58.0 Å². The van der Waals surface area contributed by atoms with Gasteiger partial charge in [0.25, 0.3) is 11.8 Å². The van der Waals surface area contributed by atoms with E-state index in [2.05, 4.69) is 36.4 Å². The van der Waals surface area contributed by atoms with Gasteiger partial charge in [-0.3, -0.25) is 34.6 Å². The van der Waals surface area contributed by atoms with Crippen LogP contribution in [0.1, 0.15) is 102 Å². The summed E-state index contributed by atoms with van der Waals surface area (Å²) in [6.45, 7) is 7.12. The van der Waals surface area contributed by atoms with Gasteiger partial charge in [0, 0.05) is 67.6 Å². The second kappa shape index (κ2) is 24.1. The number of benzene rings is 3. The Hall–Kier alpha value is -6.40. The average molecular weight is 951 g/mol. The van der Waals surface area contributed by atoms with Gasteiger partial charge in [-0.25, -0.2) is 4.98 Å². The van der Waals surface area contributed by atoms with Crippen LogP contribution < -0.4 is 30.7 Å². The van der Waals surface area contributed by atoms with Crippen molar-refractivity contribution < 1.29 is 38.1 Å². The van der Waals surface area contributed by atoms with E-state index in [1.54, 1.807) is 24.5 Å². The Morgan fingerprint density at radius 1 is 0.838 bits per heavy atom. The minimum Gasteiger partial charge on any atom is -0.494 e. The summed E-state index contributed by atoms with van der Waals surface area (Å²) in [5.41, 5.74) is 4.10. The number of hydrogen-bond donors (Lipinski definition) is 5. The Bertz CT molecular complexity index is 2480. The predicted octanol–water partition coefficient (Wildman–Crippen LogP) is 6.28. The molecule has 1 unspecified atom stereocenters. The third-order valence-electron chi connectivity index (χ3n) is 12.3. The molecule has 18 heteroatoms. The molecule has 8 rings (SSSR count). The zero-order chi connectivity index (χ0) is 46.4. The van der Waals surface area contributed by atoms with E-state index in [0.29, 0.717) is 75.3 Å². The van der Waals surface area contributed by atoms with Crippen LogP contribution in [0.4, 0.5) is 5.69 Å². The van der Waals surface area contributed by atoms with Crippen LogP contribution in [0, 0.1) is 0 Å². The van der Waals surface area contributed by atoms with Crippen LogP contribution in [0.15, 0.2) is 91.3 Å². The maximum absolute atomic E-state index is 13.6. The lowest BCUT2D eigenvalue weighted by Crippen LogP contribution is -2.52. The number of piperidine rings is 2. The minimum absolute atomic E-state index is 0. The number of amides is 4. The molecule has 2 aromatic heterocycles. The molecule has 3 aliphatic heterocycles. The SMILES string of the molecule is C[C@@H](NC(=O)c1cccc(NC2(c3nc(-c4ccncc4)n[nH]3)CCNCC2)c1)c1cccc(OCCCCCOCCCOCCOc2ccc3c(c2)CN(C2CCC(=O)NC2=O)C3=O)c1.Cl. The molecule has 0 bridgehead atoms. The summed E-state index contributed by atoms with van der Waals surface area (Å²) in [6, 6.07) is 23.6. The first-order valence-corrected chi connectivity index (χ1v) is 23.3. The average Bonchev–Trinajstić information content (AvgIpc) is 3.98. The first-order valence-electron chi connectivity index (χ1n) is 23.3. The van der Waals surface area contributed by atoms with Crippen LogP contribution in [0.25, 0.3) is 11.4 Å². The van der Waals surface area contributed by atoms with Gasteiger partial charge in [0.15, 0.2) is 11.6 Å². The highest BCUT2D eigenvalue weighted by atomic mass is 35.5. The predicted molar refractivity (Wildman–Crippen MR) is 257 cm³/mol. The van der Waals surface area contributed by atoms with E-state index in [1.807, 2.05) is 73.7 Å². The molecule has 4 amide bonds. The number of hydrogen-bond acceptors (Lipinski definition) is 13. The van der Waals surface area contributed by atoms with Crippen molar-refractivity contribution in [3.05, 3.63) is 119 Å². The maximum Gasteiger partial charge on any atom is 0.255 e. The van der Waals surface area contributed by atoms with E-state index in [4.69, 9.17) is 23.9 Å². The lowest BCUT2D eigenvalue weighted by atomic mass is 9.87. The monoisotopic (exact) mass is 949 g/mol. The number of H-pyrrole nitrogens is 1. The number of carbonyl (C=O) groups is 4. The van der Waals surface area contributed by atoms with Crippen LogP contribution in [-0.4, -0.2) is 107 Å². The number of aromatic amines is 1. The normalized spacial score (nSPS) is 16.9. The summed E-state index contributed by atoms with van der Waals surface area (Å²) in [4.78, 5) is 60.8. The van der Waals surface area contributed by atoms with E-state index >= 15 is 0 Å². The van der Waals surface area contributed by atoms with Crippen molar-refractivity contribution in [2.45, 2.75) is 82.5 Å². The standard InChI is InChI=1S/C50H59N9O8.ClH/c1-34(53-46(61)37-9-5-10-39(30-37)56-50(18-22-52-23-19-50)49-55-45(57-58-49)35-16-20-51-21-17-35)36-8-6-11-40(31-36)66-27-4-2-3-24-64-25-7-26-65-28-29-67-41-12-13-42-38(32-41)33-59(48(42)63)43-14-15-44(60)54-47(43)62;/h5-6,8-13,16-17,20-21,30-32,34,43,52,56H,2-4,7,14-15,18-19,22-29,33H2,1H3,(H,53,61)(H,54,60,62)(H,55,57,58);1H/t34-,43?;/m1./s1. The van der Waals surface area contributed by atoms with Crippen molar-refractivity contribution in [2.24, 2.45) is 0 Å². The van der Waals surface area contributed by atoms with Crippen molar-refractivity contribution in [1.29, 1.82) is 0 Å². The van der Waals surface area contributed by atoms with E-state index in [0.717, 1.165) is 85.6 Å². The van der Waals surface area contributed by atoms with Crippen LogP contribution in [0.5, 0.6) is 11.5 Å². The van der Waals surface area contributed by atoms with Crippen molar-refractivity contribution >= 4 is 41.7 Å². The largest absolute Gasteiger partial charge is 0.494 e. The van der Waals surface area contributed by atoms with Gasteiger partial charge < -0.3 is 39.8 Å². The lowest BCUT2D eigenvalue weighted by molar-refractivity contribution is -0.136. The van der Waals surface area contributed by atoms with Crippen LogP contribution in [-0.2, 0) is 31.1 Å². The third kappa shape index (κ3) is 12.8. The second-order valence-corrected chi connectivity index (χ2v) is 17.1. The van der Waals surface area contributed by atoms with Gasteiger partial charge in [-0.15, -0.1) is 12.4 Å². The number of halogens is 1. The molecule has 17 nitrogen and oxygen atoms in total. The van der Waals surface area contributed by atoms with Gasteiger partial charge in [-0.1, -0.05) is 18.2 Å². The van der Waals surface area contributed by atoms with E-state index in [-0.39, 0.29) is 42.6 Å². The number of aromatic nitrogens is 4. The molecule has 2 atom stereocenters. The lowest BCUT2D eigenvalue weighted by Gasteiger charge is -2.37. The number of rotatable bonds is 23. The summed E-state index contributed by atoms with van der Waals surface area (Å²) in [5.74, 6) is 1.67. The zero-order valence-corrected chi connectivity index (χ0v) is 39.1. The first-order chi connectivity index (χ1) is 32.7. The topological polar surface area (TPSA) is 211 Å². The second-order valence-electron chi connectivity index (χ2n) is 17.1. The van der Waals surface area contributed by atoms with E-state index < -0.39 is 17.5 Å². The molecule has 2 saturated heterocycles. The summed E-state index contributed by atoms with van der Waals surface area (Å²) in [6.07, 6.45) is 9.17. The summed E-state index contributed by atoms with van der Waals surface area (Å²) in [5, 5.41) is 20.3. The molecule has 5 N–H and O–H groups in total. The molecule has 68 heavy (non-hydrogen) atoms. The van der Waals surface area contributed by atoms with E-state index in [9.17, 15) is 19.2 Å². The molecule has 360 valence electrons. The number of pyridine rings is 1.